The van der Waals surface area contributed by atoms with Crippen molar-refractivity contribution in [3.8, 4) is 0 Å². The molecule has 19 heavy (non-hydrogen) atoms. The van der Waals surface area contributed by atoms with E-state index in [1.165, 1.54) is 6.07 Å². The van der Waals surface area contributed by atoms with Gasteiger partial charge in [0, 0.05) is 17.1 Å². The Kier molecular flexibility index (Phi) is 3.87. The van der Waals surface area contributed by atoms with Crippen molar-refractivity contribution in [2.75, 3.05) is 6.54 Å². The molecule has 1 aliphatic heterocycles. The molecule has 2 N–H and O–H groups in total. The number of aliphatic carboxylic acids is 1. The number of carboxylic acid groups (broad SMARTS) is 1. The van der Waals surface area contributed by atoms with Gasteiger partial charge in [0.25, 0.3) is 0 Å². The first-order chi connectivity index (χ1) is 8.79. The van der Waals surface area contributed by atoms with Crippen LogP contribution < -0.4 is 5.32 Å². The van der Waals surface area contributed by atoms with Gasteiger partial charge in [0.1, 0.15) is 0 Å². The zero-order valence-electron chi connectivity index (χ0n) is 9.67. The largest absolute Gasteiger partial charge is 0.481 e. The fraction of sp³-hybridized carbons (Fsp3) is 0.417. The zero-order chi connectivity index (χ0) is 14.2. The zero-order valence-corrected chi connectivity index (χ0v) is 11.3. The monoisotopic (exact) mass is 337 g/mol. The Hall–Kier alpha value is -1.08. The van der Waals surface area contributed by atoms with Crippen LogP contribution in [-0.2, 0) is 11.0 Å². The van der Waals surface area contributed by atoms with Crippen molar-refractivity contribution in [3.63, 3.8) is 0 Å². The number of hydrogen-bond acceptors (Lipinski definition) is 2. The van der Waals surface area contributed by atoms with E-state index in [1.54, 1.807) is 0 Å². The van der Waals surface area contributed by atoms with E-state index in [9.17, 15) is 18.0 Å². The molecule has 7 heteroatoms. The van der Waals surface area contributed by atoms with Crippen LogP contribution in [0.15, 0.2) is 22.7 Å². The molecule has 3 nitrogen and oxygen atoms in total. The number of carboxylic acids is 1. The molecule has 1 aromatic carbocycles. The molecule has 0 aliphatic carbocycles. The molecule has 2 unspecified atom stereocenters. The minimum Gasteiger partial charge on any atom is -0.481 e. The van der Waals surface area contributed by atoms with Crippen LogP contribution in [0.5, 0.6) is 0 Å². The summed E-state index contributed by atoms with van der Waals surface area (Å²) in [7, 11) is 0. The highest BCUT2D eigenvalue weighted by atomic mass is 79.9. The Bertz CT molecular complexity index is 504. The average Bonchev–Trinajstić information content (AvgIpc) is 2.76. The predicted octanol–water partition coefficient (Wildman–Crippen LogP) is 3.20. The first-order valence-electron chi connectivity index (χ1n) is 5.62. The third-order valence-electron chi connectivity index (χ3n) is 3.18. The van der Waals surface area contributed by atoms with Gasteiger partial charge in [0.2, 0.25) is 0 Å². The highest BCUT2D eigenvalue weighted by molar-refractivity contribution is 9.10. The Labute approximate surface area is 115 Å². The van der Waals surface area contributed by atoms with E-state index in [0.717, 1.165) is 12.1 Å². The Balaban J connectivity index is 2.21. The number of hydrogen-bond donors (Lipinski definition) is 2. The Morgan fingerprint density at radius 2 is 2.11 bits per heavy atom. The van der Waals surface area contributed by atoms with Crippen molar-refractivity contribution in [2.45, 2.75) is 18.6 Å². The van der Waals surface area contributed by atoms with Crippen LogP contribution in [0.3, 0.4) is 0 Å². The quantitative estimate of drug-likeness (QED) is 0.871. The summed E-state index contributed by atoms with van der Waals surface area (Å²) in [6, 6.07) is 3.17. The Morgan fingerprint density at radius 1 is 1.42 bits per heavy atom. The van der Waals surface area contributed by atoms with E-state index in [4.69, 9.17) is 5.11 Å². The topological polar surface area (TPSA) is 49.3 Å². The molecule has 0 radical (unpaired) electrons. The van der Waals surface area contributed by atoms with Crippen molar-refractivity contribution < 1.29 is 23.1 Å². The summed E-state index contributed by atoms with van der Waals surface area (Å²) in [5, 5.41) is 11.9. The van der Waals surface area contributed by atoms with Gasteiger partial charge in [-0.15, -0.1) is 0 Å². The molecule has 0 saturated carbocycles. The second-order valence-corrected chi connectivity index (χ2v) is 5.32. The van der Waals surface area contributed by atoms with Crippen LogP contribution in [0, 0.1) is 5.92 Å². The lowest BCUT2D eigenvalue weighted by atomic mass is 9.99. The van der Waals surface area contributed by atoms with Crippen molar-refractivity contribution in [2.24, 2.45) is 5.92 Å². The summed E-state index contributed by atoms with van der Waals surface area (Å²) in [5.74, 6) is -1.39. The molecule has 1 saturated heterocycles. The van der Waals surface area contributed by atoms with Gasteiger partial charge in [-0.25, -0.2) is 0 Å². The van der Waals surface area contributed by atoms with Gasteiger partial charge in [0.15, 0.2) is 0 Å². The van der Waals surface area contributed by atoms with Gasteiger partial charge in [-0.3, -0.25) is 4.79 Å². The summed E-state index contributed by atoms with van der Waals surface area (Å²) >= 11 is 3.12. The van der Waals surface area contributed by atoms with Gasteiger partial charge in [-0.05, 0) is 24.1 Å². The highest BCUT2D eigenvalue weighted by Crippen LogP contribution is 2.36. The maximum Gasteiger partial charge on any atom is 0.416 e. The SMILES string of the molecule is O=C(O)C1CNC(c2ccc(C(F)(F)F)cc2Br)C1. The number of alkyl halides is 3. The second-order valence-electron chi connectivity index (χ2n) is 4.47. The first kappa shape index (κ1) is 14.3. The number of nitrogens with one attached hydrogen (secondary N) is 1. The number of carbonyl (C=O) groups is 1. The standard InChI is InChI=1S/C12H11BrF3NO2/c13-9-4-7(12(14,15)16)1-2-8(9)10-3-6(5-17-10)11(18)19/h1-2,4,6,10,17H,3,5H2,(H,18,19). The summed E-state index contributed by atoms with van der Waals surface area (Å²) < 4.78 is 37.9. The molecule has 104 valence electrons. The number of benzene rings is 1. The van der Waals surface area contributed by atoms with E-state index in [0.29, 0.717) is 23.0 Å². The van der Waals surface area contributed by atoms with Crippen LogP contribution >= 0.6 is 15.9 Å². The van der Waals surface area contributed by atoms with Crippen molar-refractivity contribution in [3.05, 3.63) is 33.8 Å². The van der Waals surface area contributed by atoms with Crippen LogP contribution in [0.25, 0.3) is 0 Å². The normalized spacial score (nSPS) is 23.6. The fourth-order valence-electron chi connectivity index (χ4n) is 2.15. The minimum absolute atomic E-state index is 0.238. The van der Waals surface area contributed by atoms with Gasteiger partial charge >= 0.3 is 12.1 Å². The maximum absolute atomic E-state index is 12.5. The third-order valence-corrected chi connectivity index (χ3v) is 3.87. The maximum atomic E-state index is 12.5. The van der Waals surface area contributed by atoms with E-state index >= 15 is 0 Å². The van der Waals surface area contributed by atoms with Gasteiger partial charge in [-0.1, -0.05) is 22.0 Å². The molecule has 2 atom stereocenters. The van der Waals surface area contributed by atoms with E-state index in [2.05, 4.69) is 21.2 Å². The van der Waals surface area contributed by atoms with Crippen molar-refractivity contribution >= 4 is 21.9 Å². The van der Waals surface area contributed by atoms with E-state index in [1.807, 2.05) is 0 Å². The molecule has 0 spiro atoms. The summed E-state index contributed by atoms with van der Waals surface area (Å²) in [5.41, 5.74) is -0.0762. The molecule has 0 aromatic heterocycles. The predicted molar refractivity (Wildman–Crippen MR) is 65.6 cm³/mol. The lowest BCUT2D eigenvalue weighted by molar-refractivity contribution is -0.141. The van der Waals surface area contributed by atoms with Gasteiger partial charge in [0.05, 0.1) is 11.5 Å². The molecular formula is C12H11BrF3NO2. The van der Waals surface area contributed by atoms with Crippen LogP contribution in [0.2, 0.25) is 0 Å². The molecule has 2 rings (SSSR count). The molecule has 1 heterocycles. The third kappa shape index (κ3) is 3.09. The smallest absolute Gasteiger partial charge is 0.416 e. The van der Waals surface area contributed by atoms with Crippen molar-refractivity contribution in [1.82, 2.24) is 5.32 Å². The summed E-state index contributed by atoms with van der Waals surface area (Å²) in [4.78, 5) is 10.8. The van der Waals surface area contributed by atoms with Crippen LogP contribution in [0.1, 0.15) is 23.6 Å². The molecular weight excluding hydrogens is 327 g/mol. The first-order valence-corrected chi connectivity index (χ1v) is 6.41. The van der Waals surface area contributed by atoms with Crippen LogP contribution in [0.4, 0.5) is 13.2 Å². The van der Waals surface area contributed by atoms with Crippen LogP contribution in [-0.4, -0.2) is 17.6 Å². The molecule has 0 bridgehead atoms. The lowest BCUT2D eigenvalue weighted by Crippen LogP contribution is -2.17. The summed E-state index contributed by atoms with van der Waals surface area (Å²) in [6.07, 6.45) is -4.01. The fourth-order valence-corrected chi connectivity index (χ4v) is 2.80. The molecule has 1 aliphatic rings. The molecule has 1 aromatic rings. The molecule has 0 amide bonds. The number of rotatable bonds is 2. The average molecular weight is 338 g/mol. The Morgan fingerprint density at radius 3 is 2.58 bits per heavy atom. The number of halogens is 4. The van der Waals surface area contributed by atoms with E-state index < -0.39 is 23.6 Å². The minimum atomic E-state index is -4.38. The summed E-state index contributed by atoms with van der Waals surface area (Å²) in [6.45, 7) is 0.327. The van der Waals surface area contributed by atoms with Gasteiger partial charge in [-0.2, -0.15) is 13.2 Å². The van der Waals surface area contributed by atoms with Crippen molar-refractivity contribution in [1.29, 1.82) is 0 Å². The molecule has 1 fully saturated rings. The van der Waals surface area contributed by atoms with Gasteiger partial charge < -0.3 is 10.4 Å². The van der Waals surface area contributed by atoms with E-state index in [-0.39, 0.29) is 6.04 Å². The second kappa shape index (κ2) is 5.13. The highest BCUT2D eigenvalue weighted by Gasteiger charge is 2.34. The lowest BCUT2D eigenvalue weighted by Gasteiger charge is -2.15.